The molecule has 0 saturated carbocycles. The van der Waals surface area contributed by atoms with Gasteiger partial charge in [-0.3, -0.25) is 0 Å². The van der Waals surface area contributed by atoms with E-state index in [4.69, 9.17) is 9.68 Å². The highest BCUT2D eigenvalue weighted by Crippen LogP contribution is 2.10. The summed E-state index contributed by atoms with van der Waals surface area (Å²) in [5.74, 6) is 0.619. The summed E-state index contributed by atoms with van der Waals surface area (Å²) in [6, 6.07) is 1.82. The van der Waals surface area contributed by atoms with E-state index in [2.05, 4.69) is 15.0 Å². The summed E-state index contributed by atoms with van der Waals surface area (Å²) in [5.41, 5.74) is 0.936. The third-order valence-electron chi connectivity index (χ3n) is 1.36. The van der Waals surface area contributed by atoms with E-state index < -0.39 is 0 Å². The van der Waals surface area contributed by atoms with E-state index in [0.29, 0.717) is 17.1 Å². The first-order valence-corrected chi connectivity index (χ1v) is 3.30. The minimum atomic E-state index is 0.0960. The monoisotopic (exact) mass is 160 g/mol. The molecule has 0 saturated heterocycles. The molecule has 0 atom stereocenters. The molecule has 2 aromatic heterocycles. The standard InChI is InChI=1S/C7H4N4O/c1-4-10-5-3-9-6(2-8)11-7(5)12-4/h3H,1H3. The number of hydrogen-bond donors (Lipinski definition) is 0. The largest absolute Gasteiger partial charge is 0.422 e. The summed E-state index contributed by atoms with van der Waals surface area (Å²) < 4.78 is 5.10. The van der Waals surface area contributed by atoms with E-state index in [0.717, 1.165) is 0 Å². The van der Waals surface area contributed by atoms with Crippen molar-refractivity contribution in [3.63, 3.8) is 0 Å². The van der Waals surface area contributed by atoms with Crippen molar-refractivity contribution in [2.75, 3.05) is 0 Å². The van der Waals surface area contributed by atoms with Crippen LogP contribution in [-0.2, 0) is 0 Å². The number of aryl methyl sites for hydroxylation is 1. The van der Waals surface area contributed by atoms with Crippen LogP contribution >= 0.6 is 0 Å². The molecule has 5 nitrogen and oxygen atoms in total. The maximum atomic E-state index is 8.47. The fourth-order valence-electron chi connectivity index (χ4n) is 0.898. The van der Waals surface area contributed by atoms with Gasteiger partial charge >= 0.3 is 0 Å². The Morgan fingerprint density at radius 2 is 2.33 bits per heavy atom. The summed E-state index contributed by atoms with van der Waals surface area (Å²) in [6.45, 7) is 1.72. The lowest BCUT2D eigenvalue weighted by Gasteiger charge is -1.84. The Morgan fingerprint density at radius 3 is 3.08 bits per heavy atom. The number of hydrogen-bond acceptors (Lipinski definition) is 5. The van der Waals surface area contributed by atoms with Crippen molar-refractivity contribution < 1.29 is 4.42 Å². The average Bonchev–Trinajstić information content (AvgIpc) is 2.43. The molecule has 0 N–H and O–H groups in total. The minimum absolute atomic E-state index is 0.0960. The predicted octanol–water partition coefficient (Wildman–Crippen LogP) is 0.798. The Morgan fingerprint density at radius 1 is 1.50 bits per heavy atom. The molecule has 2 aromatic rings. The van der Waals surface area contributed by atoms with E-state index in [9.17, 15) is 0 Å². The van der Waals surface area contributed by atoms with Crippen molar-refractivity contribution >= 4 is 11.2 Å². The summed E-state index contributed by atoms with van der Waals surface area (Å²) in [4.78, 5) is 11.5. The Bertz CT molecular complexity index is 468. The van der Waals surface area contributed by atoms with Gasteiger partial charge in [-0.05, 0) is 0 Å². The van der Waals surface area contributed by atoms with Crippen LogP contribution in [0.5, 0.6) is 0 Å². The third kappa shape index (κ3) is 0.900. The molecule has 5 heteroatoms. The van der Waals surface area contributed by atoms with E-state index in [1.807, 2.05) is 6.07 Å². The number of nitriles is 1. The molecule has 0 amide bonds. The lowest BCUT2D eigenvalue weighted by molar-refractivity contribution is 0.550. The van der Waals surface area contributed by atoms with Gasteiger partial charge in [0.05, 0.1) is 6.20 Å². The van der Waals surface area contributed by atoms with Crippen molar-refractivity contribution in [1.29, 1.82) is 5.26 Å². The molecule has 58 valence electrons. The smallest absolute Gasteiger partial charge is 0.251 e. The van der Waals surface area contributed by atoms with Gasteiger partial charge in [0, 0.05) is 6.92 Å². The normalized spacial score (nSPS) is 10.0. The predicted molar refractivity (Wildman–Crippen MR) is 39.1 cm³/mol. The molecule has 2 heterocycles. The van der Waals surface area contributed by atoms with Gasteiger partial charge in [0.1, 0.15) is 11.6 Å². The molecule has 2 rings (SSSR count). The van der Waals surface area contributed by atoms with Crippen molar-refractivity contribution in [3.05, 3.63) is 17.9 Å². The second kappa shape index (κ2) is 2.27. The number of oxazole rings is 1. The van der Waals surface area contributed by atoms with Gasteiger partial charge in [-0.15, -0.1) is 0 Å². The fraction of sp³-hybridized carbons (Fsp3) is 0.143. The molecule has 0 unspecified atom stereocenters. The zero-order valence-electron chi connectivity index (χ0n) is 6.27. The molecular weight excluding hydrogens is 156 g/mol. The highest BCUT2D eigenvalue weighted by atomic mass is 16.4. The summed E-state index contributed by atoms with van der Waals surface area (Å²) >= 11 is 0. The molecule has 0 bridgehead atoms. The van der Waals surface area contributed by atoms with Crippen molar-refractivity contribution in [1.82, 2.24) is 15.0 Å². The van der Waals surface area contributed by atoms with Crippen LogP contribution in [0.4, 0.5) is 0 Å². The minimum Gasteiger partial charge on any atom is -0.422 e. The van der Waals surface area contributed by atoms with Crippen molar-refractivity contribution in [2.45, 2.75) is 6.92 Å². The summed E-state index contributed by atoms with van der Waals surface area (Å²) in [7, 11) is 0. The first-order valence-electron chi connectivity index (χ1n) is 3.30. The van der Waals surface area contributed by atoms with Crippen molar-refractivity contribution in [2.24, 2.45) is 0 Å². The first-order chi connectivity index (χ1) is 5.79. The second-order valence-electron chi connectivity index (χ2n) is 2.23. The van der Waals surface area contributed by atoms with Gasteiger partial charge < -0.3 is 4.42 Å². The fourth-order valence-corrected chi connectivity index (χ4v) is 0.898. The van der Waals surface area contributed by atoms with Gasteiger partial charge in [0.2, 0.25) is 5.82 Å². The molecule has 0 aromatic carbocycles. The van der Waals surface area contributed by atoms with Gasteiger partial charge in [0.15, 0.2) is 5.89 Å². The van der Waals surface area contributed by atoms with E-state index in [1.165, 1.54) is 6.20 Å². The third-order valence-corrected chi connectivity index (χ3v) is 1.36. The molecule has 0 aliphatic rings. The van der Waals surface area contributed by atoms with Crippen LogP contribution in [0.1, 0.15) is 11.7 Å². The van der Waals surface area contributed by atoms with Crippen LogP contribution in [0, 0.1) is 18.3 Å². The number of nitrogens with zero attached hydrogens (tertiary/aromatic N) is 4. The molecule has 0 spiro atoms. The topological polar surface area (TPSA) is 75.6 Å². The zero-order valence-corrected chi connectivity index (χ0v) is 6.27. The molecular formula is C7H4N4O. The number of rotatable bonds is 0. The molecule has 12 heavy (non-hydrogen) atoms. The molecule has 0 aliphatic carbocycles. The van der Waals surface area contributed by atoms with Gasteiger partial charge in [-0.1, -0.05) is 0 Å². The Hall–Kier alpha value is -1.96. The number of aromatic nitrogens is 3. The summed E-state index contributed by atoms with van der Waals surface area (Å²) in [6.07, 6.45) is 1.47. The van der Waals surface area contributed by atoms with E-state index >= 15 is 0 Å². The van der Waals surface area contributed by atoms with Gasteiger partial charge in [-0.2, -0.15) is 10.2 Å². The molecule has 0 fully saturated rings. The Balaban J connectivity index is 2.77. The van der Waals surface area contributed by atoms with Crippen LogP contribution in [0.15, 0.2) is 10.6 Å². The van der Waals surface area contributed by atoms with Crippen LogP contribution in [0.2, 0.25) is 0 Å². The SMILES string of the molecule is Cc1nc2cnc(C#N)nc2o1. The zero-order chi connectivity index (χ0) is 8.55. The maximum absolute atomic E-state index is 8.47. The highest BCUT2D eigenvalue weighted by Gasteiger charge is 2.04. The lowest BCUT2D eigenvalue weighted by atomic mass is 10.5. The van der Waals surface area contributed by atoms with Crippen LogP contribution in [0.25, 0.3) is 11.2 Å². The molecule has 0 aliphatic heterocycles. The first kappa shape index (κ1) is 6.73. The summed E-state index contributed by atoms with van der Waals surface area (Å²) in [5, 5.41) is 8.47. The second-order valence-corrected chi connectivity index (χ2v) is 2.23. The van der Waals surface area contributed by atoms with Gasteiger partial charge in [-0.25, -0.2) is 9.97 Å². The Kier molecular flexibility index (Phi) is 1.27. The maximum Gasteiger partial charge on any atom is 0.251 e. The van der Waals surface area contributed by atoms with E-state index in [1.54, 1.807) is 6.92 Å². The Labute approximate surface area is 67.7 Å². The van der Waals surface area contributed by atoms with Gasteiger partial charge in [0.25, 0.3) is 5.71 Å². The van der Waals surface area contributed by atoms with Crippen molar-refractivity contribution in [3.8, 4) is 6.07 Å². The average molecular weight is 160 g/mol. The lowest BCUT2D eigenvalue weighted by Crippen LogP contribution is -1.86. The highest BCUT2D eigenvalue weighted by molar-refractivity contribution is 5.66. The molecule has 0 radical (unpaired) electrons. The van der Waals surface area contributed by atoms with E-state index in [-0.39, 0.29) is 5.82 Å². The number of fused-ring (bicyclic) bond motifs is 1. The van der Waals surface area contributed by atoms with Crippen LogP contribution in [-0.4, -0.2) is 15.0 Å². The quantitative estimate of drug-likeness (QED) is 0.569. The van der Waals surface area contributed by atoms with Crippen LogP contribution in [0.3, 0.4) is 0 Å². The van der Waals surface area contributed by atoms with Crippen LogP contribution < -0.4 is 0 Å².